The van der Waals surface area contributed by atoms with E-state index in [0.717, 1.165) is 12.8 Å². The van der Waals surface area contributed by atoms with Crippen LogP contribution in [0.2, 0.25) is 0 Å². The number of unbranched alkanes of at least 4 members (excludes halogenated alkanes) is 3. The van der Waals surface area contributed by atoms with E-state index < -0.39 is 5.82 Å². The van der Waals surface area contributed by atoms with Gasteiger partial charge in [-0.1, -0.05) is 44.7 Å². The van der Waals surface area contributed by atoms with Crippen LogP contribution in [0.4, 0.5) is 4.39 Å². The molecule has 0 spiro atoms. The van der Waals surface area contributed by atoms with Crippen molar-refractivity contribution in [3.8, 4) is 0 Å². The van der Waals surface area contributed by atoms with E-state index in [1.54, 1.807) is 6.07 Å². The fourth-order valence-corrected chi connectivity index (χ4v) is 1.91. The van der Waals surface area contributed by atoms with Crippen LogP contribution in [0.3, 0.4) is 0 Å². The van der Waals surface area contributed by atoms with Gasteiger partial charge in [0.25, 0.3) is 0 Å². The number of halogens is 1. The summed E-state index contributed by atoms with van der Waals surface area (Å²) >= 11 is 0. The van der Waals surface area contributed by atoms with Gasteiger partial charge in [-0.3, -0.25) is 4.79 Å². The van der Waals surface area contributed by atoms with Crippen molar-refractivity contribution in [2.24, 2.45) is 0 Å². The quantitative estimate of drug-likeness (QED) is 0.489. The van der Waals surface area contributed by atoms with Crippen LogP contribution >= 0.6 is 0 Å². The number of hydrogen-bond donors (Lipinski definition) is 0. The molecular formula is C16H23FO2. The Morgan fingerprint density at radius 2 is 2.11 bits per heavy atom. The Morgan fingerprint density at radius 1 is 1.32 bits per heavy atom. The number of benzene rings is 1. The normalized spacial score (nSPS) is 12.4. The van der Waals surface area contributed by atoms with Crippen molar-refractivity contribution in [1.82, 2.24) is 0 Å². The molecule has 0 aliphatic heterocycles. The molecule has 0 aliphatic carbocycles. The summed E-state index contributed by atoms with van der Waals surface area (Å²) < 4.78 is 18.5. The van der Waals surface area contributed by atoms with Crippen LogP contribution in [0.1, 0.15) is 56.3 Å². The van der Waals surface area contributed by atoms with Gasteiger partial charge in [-0.25, -0.2) is 4.39 Å². The van der Waals surface area contributed by atoms with Gasteiger partial charge in [0.05, 0.1) is 6.10 Å². The van der Waals surface area contributed by atoms with Gasteiger partial charge in [-0.15, -0.1) is 0 Å². The summed E-state index contributed by atoms with van der Waals surface area (Å²) in [7, 11) is 0. The average molecular weight is 266 g/mol. The zero-order valence-corrected chi connectivity index (χ0v) is 11.8. The Kier molecular flexibility index (Phi) is 7.34. The summed E-state index contributed by atoms with van der Waals surface area (Å²) in [6, 6.07) is 5.73. The molecule has 1 aromatic carbocycles. The van der Waals surface area contributed by atoms with Crippen molar-refractivity contribution < 1.29 is 13.9 Å². The minimum Gasteiger partial charge on any atom is -0.370 e. The lowest BCUT2D eigenvalue weighted by atomic mass is 10.1. The highest BCUT2D eigenvalue weighted by Gasteiger charge is 2.09. The van der Waals surface area contributed by atoms with Gasteiger partial charge < -0.3 is 4.74 Å². The first-order chi connectivity index (χ1) is 9.13. The Hall–Kier alpha value is -1.22. The average Bonchev–Trinajstić information content (AvgIpc) is 2.41. The second-order valence-corrected chi connectivity index (χ2v) is 4.90. The van der Waals surface area contributed by atoms with Crippen LogP contribution in [-0.4, -0.2) is 18.5 Å². The van der Waals surface area contributed by atoms with Crippen molar-refractivity contribution >= 4 is 5.78 Å². The van der Waals surface area contributed by atoms with Crippen LogP contribution < -0.4 is 0 Å². The maximum absolute atomic E-state index is 13.0. The molecule has 0 fully saturated rings. The monoisotopic (exact) mass is 266 g/mol. The Labute approximate surface area is 115 Å². The first kappa shape index (κ1) is 15.8. The molecule has 0 radical (unpaired) electrons. The Morgan fingerprint density at radius 3 is 2.79 bits per heavy atom. The summed E-state index contributed by atoms with van der Waals surface area (Å²) in [5.74, 6) is -0.557. The number of Topliss-reactive ketones (excluding diaryl/α,β-unsaturated/α-hetero) is 1. The summed E-state index contributed by atoms with van der Waals surface area (Å²) in [5, 5.41) is 0. The maximum Gasteiger partial charge on any atom is 0.188 e. The van der Waals surface area contributed by atoms with E-state index in [4.69, 9.17) is 4.74 Å². The van der Waals surface area contributed by atoms with Gasteiger partial charge in [0.2, 0.25) is 0 Å². The largest absolute Gasteiger partial charge is 0.370 e. The van der Waals surface area contributed by atoms with Crippen LogP contribution in [0.25, 0.3) is 0 Å². The molecule has 0 N–H and O–H groups in total. The van der Waals surface area contributed by atoms with Crippen molar-refractivity contribution in [3.05, 3.63) is 35.6 Å². The number of hydrogen-bond acceptors (Lipinski definition) is 2. The number of carbonyl (C=O) groups excluding carboxylic acids is 1. The highest BCUT2D eigenvalue weighted by molar-refractivity contribution is 5.97. The fourth-order valence-electron chi connectivity index (χ4n) is 1.91. The molecule has 0 amide bonds. The molecule has 1 rings (SSSR count). The molecular weight excluding hydrogens is 243 g/mol. The second kappa shape index (κ2) is 8.81. The van der Waals surface area contributed by atoms with E-state index in [1.165, 1.54) is 37.5 Å². The standard InChI is InChI=1S/C16H23FO2/c1-3-4-5-6-8-13(2)19-12-16(18)14-9-7-10-15(17)11-14/h7,9-11,13H,3-6,8,12H2,1-2H3. The highest BCUT2D eigenvalue weighted by Crippen LogP contribution is 2.09. The summed E-state index contributed by atoms with van der Waals surface area (Å²) in [6.07, 6.45) is 5.85. The van der Waals surface area contributed by atoms with Gasteiger partial charge in [0, 0.05) is 5.56 Å². The minimum atomic E-state index is -0.390. The predicted molar refractivity (Wildman–Crippen MR) is 74.9 cm³/mol. The van der Waals surface area contributed by atoms with E-state index in [2.05, 4.69) is 6.92 Å². The molecule has 0 bridgehead atoms. The molecule has 19 heavy (non-hydrogen) atoms. The van der Waals surface area contributed by atoms with Crippen LogP contribution in [0.5, 0.6) is 0 Å². The van der Waals surface area contributed by atoms with Crippen molar-refractivity contribution in [2.45, 2.75) is 52.1 Å². The topological polar surface area (TPSA) is 26.3 Å². The zero-order chi connectivity index (χ0) is 14.1. The molecule has 106 valence electrons. The first-order valence-corrected chi connectivity index (χ1v) is 7.04. The second-order valence-electron chi connectivity index (χ2n) is 4.90. The van der Waals surface area contributed by atoms with E-state index in [-0.39, 0.29) is 18.5 Å². The van der Waals surface area contributed by atoms with Crippen molar-refractivity contribution in [2.75, 3.05) is 6.61 Å². The van der Waals surface area contributed by atoms with Gasteiger partial charge in [0.15, 0.2) is 5.78 Å². The summed E-state index contributed by atoms with van der Waals surface area (Å²) in [5.41, 5.74) is 0.373. The molecule has 0 aliphatic rings. The van der Waals surface area contributed by atoms with Gasteiger partial charge >= 0.3 is 0 Å². The molecule has 1 aromatic rings. The van der Waals surface area contributed by atoms with Gasteiger partial charge in [0.1, 0.15) is 12.4 Å². The van der Waals surface area contributed by atoms with Crippen LogP contribution in [0, 0.1) is 5.82 Å². The molecule has 0 heterocycles. The van der Waals surface area contributed by atoms with E-state index in [0.29, 0.717) is 5.56 Å². The summed E-state index contributed by atoms with van der Waals surface area (Å²) in [6.45, 7) is 4.18. The summed E-state index contributed by atoms with van der Waals surface area (Å²) in [4.78, 5) is 11.8. The third kappa shape index (κ3) is 6.48. The van der Waals surface area contributed by atoms with E-state index in [1.807, 2.05) is 6.92 Å². The number of ketones is 1. The first-order valence-electron chi connectivity index (χ1n) is 7.04. The highest BCUT2D eigenvalue weighted by atomic mass is 19.1. The predicted octanol–water partition coefficient (Wildman–Crippen LogP) is 4.38. The zero-order valence-electron chi connectivity index (χ0n) is 11.8. The lowest BCUT2D eigenvalue weighted by Crippen LogP contribution is -2.16. The van der Waals surface area contributed by atoms with Crippen molar-refractivity contribution in [1.29, 1.82) is 0 Å². The van der Waals surface area contributed by atoms with E-state index >= 15 is 0 Å². The molecule has 2 nitrogen and oxygen atoms in total. The third-order valence-corrected chi connectivity index (χ3v) is 3.11. The Bertz CT molecular complexity index is 390. The van der Waals surface area contributed by atoms with Gasteiger partial charge in [-0.05, 0) is 25.5 Å². The minimum absolute atomic E-state index is 0.0262. The molecule has 1 atom stereocenters. The van der Waals surface area contributed by atoms with Crippen LogP contribution in [0.15, 0.2) is 24.3 Å². The molecule has 1 unspecified atom stereocenters. The van der Waals surface area contributed by atoms with Crippen LogP contribution in [-0.2, 0) is 4.74 Å². The van der Waals surface area contributed by atoms with Gasteiger partial charge in [-0.2, -0.15) is 0 Å². The molecule has 0 aromatic heterocycles. The lowest BCUT2D eigenvalue weighted by Gasteiger charge is -2.12. The Balaban J connectivity index is 2.26. The van der Waals surface area contributed by atoms with Crippen molar-refractivity contribution in [3.63, 3.8) is 0 Å². The lowest BCUT2D eigenvalue weighted by molar-refractivity contribution is 0.0483. The smallest absolute Gasteiger partial charge is 0.188 e. The molecule has 0 saturated heterocycles. The molecule has 3 heteroatoms. The number of ether oxygens (including phenoxy) is 1. The van der Waals surface area contributed by atoms with E-state index in [9.17, 15) is 9.18 Å². The fraction of sp³-hybridized carbons (Fsp3) is 0.562. The third-order valence-electron chi connectivity index (χ3n) is 3.11. The number of carbonyl (C=O) groups is 1. The molecule has 0 saturated carbocycles. The maximum atomic E-state index is 13.0. The SMILES string of the molecule is CCCCCCC(C)OCC(=O)c1cccc(F)c1. The number of rotatable bonds is 9.